The number of carbonyl (C=O) groups is 1. The molecule has 1 aromatic rings. The molecule has 0 saturated carbocycles. The second-order valence-electron chi connectivity index (χ2n) is 3.93. The van der Waals surface area contributed by atoms with Crippen LogP contribution in [-0.4, -0.2) is 31.0 Å². The van der Waals surface area contributed by atoms with Gasteiger partial charge >= 0.3 is 0 Å². The van der Waals surface area contributed by atoms with Gasteiger partial charge in [-0.15, -0.1) is 0 Å². The first-order valence-electron chi connectivity index (χ1n) is 5.46. The maximum atomic E-state index is 12.2. The zero-order valence-electron chi connectivity index (χ0n) is 9.40. The van der Waals surface area contributed by atoms with E-state index in [9.17, 15) is 4.79 Å². The lowest BCUT2D eigenvalue weighted by molar-refractivity contribution is 0.0789. The van der Waals surface area contributed by atoms with Crippen molar-refractivity contribution in [3.8, 4) is 5.75 Å². The first-order valence-corrected chi connectivity index (χ1v) is 5.46. The molecular formula is C12H16N2O2. The molecule has 2 N–H and O–H groups in total. The number of nitrogens with zero attached hydrogens (tertiary/aromatic N) is 1. The number of anilines is 1. The zero-order valence-corrected chi connectivity index (χ0v) is 9.40. The fourth-order valence-corrected chi connectivity index (χ4v) is 2.04. The lowest BCUT2D eigenvalue weighted by atomic mass is 10.1. The maximum Gasteiger partial charge on any atom is 0.257 e. The molecule has 0 bridgehead atoms. The highest BCUT2D eigenvalue weighted by Crippen LogP contribution is 2.27. The number of amides is 1. The largest absolute Gasteiger partial charge is 0.494 e. The van der Waals surface area contributed by atoms with Crippen LogP contribution < -0.4 is 10.5 Å². The summed E-state index contributed by atoms with van der Waals surface area (Å²) in [7, 11) is 1.53. The molecule has 0 spiro atoms. The van der Waals surface area contributed by atoms with Crippen LogP contribution in [-0.2, 0) is 0 Å². The summed E-state index contributed by atoms with van der Waals surface area (Å²) < 4.78 is 5.18. The minimum atomic E-state index is 0.0154. The average Bonchev–Trinajstić information content (AvgIpc) is 2.81. The van der Waals surface area contributed by atoms with Crippen molar-refractivity contribution in [3.05, 3.63) is 23.8 Å². The summed E-state index contributed by atoms with van der Waals surface area (Å²) in [6.45, 7) is 1.66. The fraction of sp³-hybridized carbons (Fsp3) is 0.417. The molecule has 1 aromatic carbocycles. The molecule has 1 heterocycles. The Morgan fingerprint density at radius 1 is 1.38 bits per heavy atom. The van der Waals surface area contributed by atoms with Gasteiger partial charge in [0.2, 0.25) is 0 Å². The van der Waals surface area contributed by atoms with Crippen molar-refractivity contribution >= 4 is 11.6 Å². The van der Waals surface area contributed by atoms with Crippen LogP contribution in [0.15, 0.2) is 18.2 Å². The topological polar surface area (TPSA) is 55.6 Å². The van der Waals surface area contributed by atoms with Crippen molar-refractivity contribution in [2.75, 3.05) is 25.9 Å². The number of likely N-dealkylation sites (tertiary alicyclic amines) is 1. The molecule has 1 fully saturated rings. The number of ether oxygens (including phenoxy) is 1. The smallest absolute Gasteiger partial charge is 0.257 e. The van der Waals surface area contributed by atoms with Gasteiger partial charge in [0.1, 0.15) is 0 Å². The number of benzene rings is 1. The van der Waals surface area contributed by atoms with Gasteiger partial charge in [-0.25, -0.2) is 0 Å². The first kappa shape index (κ1) is 10.8. The molecule has 0 aliphatic carbocycles. The third-order valence-electron chi connectivity index (χ3n) is 2.87. The number of para-hydroxylation sites is 1. The molecule has 86 valence electrons. The summed E-state index contributed by atoms with van der Waals surface area (Å²) in [5.41, 5.74) is 6.84. The van der Waals surface area contributed by atoms with Gasteiger partial charge in [-0.1, -0.05) is 6.07 Å². The van der Waals surface area contributed by atoms with Gasteiger partial charge in [0.05, 0.1) is 18.4 Å². The molecule has 0 atom stereocenters. The summed E-state index contributed by atoms with van der Waals surface area (Å²) in [4.78, 5) is 14.0. The van der Waals surface area contributed by atoms with Crippen molar-refractivity contribution < 1.29 is 9.53 Å². The van der Waals surface area contributed by atoms with Crippen LogP contribution >= 0.6 is 0 Å². The average molecular weight is 220 g/mol. The van der Waals surface area contributed by atoms with E-state index in [-0.39, 0.29) is 5.91 Å². The van der Waals surface area contributed by atoms with Gasteiger partial charge < -0.3 is 15.4 Å². The normalized spacial score (nSPS) is 15.2. The Balaban J connectivity index is 2.31. The van der Waals surface area contributed by atoms with Crippen molar-refractivity contribution in [3.63, 3.8) is 0 Å². The molecule has 2 rings (SSSR count). The summed E-state index contributed by atoms with van der Waals surface area (Å²) in [5.74, 6) is 0.501. The van der Waals surface area contributed by atoms with Crippen molar-refractivity contribution in [1.29, 1.82) is 0 Å². The number of methoxy groups -OCH3 is 1. The minimum Gasteiger partial charge on any atom is -0.494 e. The van der Waals surface area contributed by atoms with E-state index in [1.54, 1.807) is 18.2 Å². The number of carbonyl (C=O) groups excluding carboxylic acids is 1. The zero-order chi connectivity index (χ0) is 11.5. The van der Waals surface area contributed by atoms with Crippen LogP contribution in [0.2, 0.25) is 0 Å². The highest BCUT2D eigenvalue weighted by Gasteiger charge is 2.22. The van der Waals surface area contributed by atoms with E-state index in [1.807, 2.05) is 4.90 Å². The Bertz CT molecular complexity index is 398. The summed E-state index contributed by atoms with van der Waals surface area (Å²) in [6, 6.07) is 5.27. The highest BCUT2D eigenvalue weighted by atomic mass is 16.5. The molecule has 16 heavy (non-hydrogen) atoms. The van der Waals surface area contributed by atoms with Gasteiger partial charge in [0, 0.05) is 13.1 Å². The van der Waals surface area contributed by atoms with Gasteiger partial charge in [-0.3, -0.25) is 4.79 Å². The van der Waals surface area contributed by atoms with E-state index in [0.717, 1.165) is 25.9 Å². The predicted molar refractivity (Wildman–Crippen MR) is 62.5 cm³/mol. The fourth-order valence-electron chi connectivity index (χ4n) is 2.04. The predicted octanol–water partition coefficient (Wildman–Crippen LogP) is 1.51. The van der Waals surface area contributed by atoms with Crippen LogP contribution in [0, 0.1) is 0 Å². The summed E-state index contributed by atoms with van der Waals surface area (Å²) in [5, 5.41) is 0. The van der Waals surface area contributed by atoms with Crippen LogP contribution in [0.25, 0.3) is 0 Å². The van der Waals surface area contributed by atoms with Gasteiger partial charge in [0.15, 0.2) is 5.75 Å². The van der Waals surface area contributed by atoms with Crippen LogP contribution in [0.1, 0.15) is 23.2 Å². The van der Waals surface area contributed by atoms with E-state index in [2.05, 4.69) is 0 Å². The van der Waals surface area contributed by atoms with Gasteiger partial charge in [-0.2, -0.15) is 0 Å². The monoisotopic (exact) mass is 220 g/mol. The molecule has 1 saturated heterocycles. The van der Waals surface area contributed by atoms with E-state index in [1.165, 1.54) is 7.11 Å². The third kappa shape index (κ3) is 1.83. The Morgan fingerprint density at radius 2 is 2.06 bits per heavy atom. The number of hydrogen-bond acceptors (Lipinski definition) is 3. The quantitative estimate of drug-likeness (QED) is 0.769. The Kier molecular flexibility index (Phi) is 2.99. The summed E-state index contributed by atoms with van der Waals surface area (Å²) in [6.07, 6.45) is 2.16. The third-order valence-corrected chi connectivity index (χ3v) is 2.87. The second-order valence-corrected chi connectivity index (χ2v) is 3.93. The molecule has 1 aliphatic heterocycles. The van der Waals surface area contributed by atoms with E-state index in [4.69, 9.17) is 10.5 Å². The van der Waals surface area contributed by atoms with Crippen molar-refractivity contribution in [2.24, 2.45) is 0 Å². The standard InChI is InChI=1S/C12H16N2O2/c1-16-11-9(5-4-6-10(11)13)12(15)14-7-2-3-8-14/h4-6H,2-3,7-8,13H2,1H3. The first-order chi connectivity index (χ1) is 7.74. The Morgan fingerprint density at radius 3 is 2.69 bits per heavy atom. The Hall–Kier alpha value is -1.71. The van der Waals surface area contributed by atoms with E-state index >= 15 is 0 Å². The number of nitrogens with two attached hydrogens (primary N) is 1. The molecule has 4 nitrogen and oxygen atoms in total. The molecular weight excluding hydrogens is 204 g/mol. The molecule has 1 amide bonds. The SMILES string of the molecule is COc1c(N)cccc1C(=O)N1CCCC1. The minimum absolute atomic E-state index is 0.0154. The van der Waals surface area contributed by atoms with Crippen LogP contribution in [0.4, 0.5) is 5.69 Å². The van der Waals surface area contributed by atoms with Gasteiger partial charge in [0.25, 0.3) is 5.91 Å². The number of rotatable bonds is 2. The molecule has 0 unspecified atom stereocenters. The van der Waals surface area contributed by atoms with Crippen molar-refractivity contribution in [1.82, 2.24) is 4.90 Å². The lowest BCUT2D eigenvalue weighted by Crippen LogP contribution is -2.28. The number of nitrogen functional groups attached to an aromatic ring is 1. The van der Waals surface area contributed by atoms with E-state index < -0.39 is 0 Å². The highest BCUT2D eigenvalue weighted by molar-refractivity contribution is 5.98. The lowest BCUT2D eigenvalue weighted by Gasteiger charge is -2.17. The molecule has 1 aliphatic rings. The summed E-state index contributed by atoms with van der Waals surface area (Å²) >= 11 is 0. The number of hydrogen-bond donors (Lipinski definition) is 1. The second kappa shape index (κ2) is 4.43. The molecule has 0 radical (unpaired) electrons. The van der Waals surface area contributed by atoms with Crippen LogP contribution in [0.5, 0.6) is 5.75 Å². The van der Waals surface area contributed by atoms with Crippen molar-refractivity contribution in [2.45, 2.75) is 12.8 Å². The molecule has 0 aromatic heterocycles. The Labute approximate surface area is 95.0 Å². The maximum absolute atomic E-state index is 12.2. The molecule has 4 heteroatoms. The van der Waals surface area contributed by atoms with Crippen LogP contribution in [0.3, 0.4) is 0 Å². The van der Waals surface area contributed by atoms with E-state index in [0.29, 0.717) is 17.0 Å². The van der Waals surface area contributed by atoms with Gasteiger partial charge in [-0.05, 0) is 25.0 Å².